The fourth-order valence-corrected chi connectivity index (χ4v) is 1.06. The van der Waals surface area contributed by atoms with Crippen LogP contribution in [0, 0.1) is 0 Å². The number of hydrogen-bond donors (Lipinski definition) is 4. The molecule has 0 saturated carbocycles. The number of nitrogens with two attached hydrogens (primary N) is 3. The standard InChI is InChI=1S/C8H22N4/c9-5-3-1-2-4-8(11)12-7-6-10/h8,12H,1-7,9-11H2. The maximum absolute atomic E-state index is 5.74. The van der Waals surface area contributed by atoms with Gasteiger partial charge in [0.2, 0.25) is 0 Å². The van der Waals surface area contributed by atoms with E-state index in [4.69, 9.17) is 17.2 Å². The summed E-state index contributed by atoms with van der Waals surface area (Å²) in [4.78, 5) is 0. The van der Waals surface area contributed by atoms with Gasteiger partial charge in [0.25, 0.3) is 0 Å². The normalized spacial score (nSPS) is 13.2. The Balaban J connectivity index is 3.02. The monoisotopic (exact) mass is 174 g/mol. The van der Waals surface area contributed by atoms with Gasteiger partial charge >= 0.3 is 0 Å². The summed E-state index contributed by atoms with van der Waals surface area (Å²) in [5, 5.41) is 3.13. The molecule has 4 nitrogen and oxygen atoms in total. The van der Waals surface area contributed by atoms with Crippen LogP contribution in [0.4, 0.5) is 0 Å². The molecule has 7 N–H and O–H groups in total. The molecule has 0 heterocycles. The third kappa shape index (κ3) is 7.94. The number of rotatable bonds is 8. The van der Waals surface area contributed by atoms with Gasteiger partial charge in [-0.3, -0.25) is 0 Å². The first-order valence-corrected chi connectivity index (χ1v) is 4.70. The van der Waals surface area contributed by atoms with E-state index in [0.29, 0.717) is 6.54 Å². The summed E-state index contributed by atoms with van der Waals surface area (Å²) in [6, 6.07) is 0. The molecule has 0 aromatic heterocycles. The molecular weight excluding hydrogens is 152 g/mol. The van der Waals surface area contributed by atoms with Crippen LogP contribution < -0.4 is 22.5 Å². The van der Waals surface area contributed by atoms with Gasteiger partial charge in [0.05, 0.1) is 6.17 Å². The van der Waals surface area contributed by atoms with Crippen molar-refractivity contribution in [1.82, 2.24) is 5.32 Å². The number of unbranched alkanes of at least 4 members (excludes halogenated alkanes) is 2. The van der Waals surface area contributed by atoms with Crippen LogP contribution in [0.15, 0.2) is 0 Å². The highest BCUT2D eigenvalue weighted by atomic mass is 15.0. The second-order valence-corrected chi connectivity index (χ2v) is 2.99. The topological polar surface area (TPSA) is 90.1 Å². The van der Waals surface area contributed by atoms with E-state index < -0.39 is 0 Å². The second-order valence-electron chi connectivity index (χ2n) is 2.99. The molecule has 0 aliphatic heterocycles. The van der Waals surface area contributed by atoms with Gasteiger partial charge in [0.15, 0.2) is 0 Å². The average molecular weight is 174 g/mol. The maximum atomic E-state index is 5.74. The average Bonchev–Trinajstić information content (AvgIpc) is 2.09. The highest BCUT2D eigenvalue weighted by molar-refractivity contribution is 4.59. The van der Waals surface area contributed by atoms with Gasteiger partial charge in [-0.05, 0) is 19.4 Å². The zero-order valence-electron chi connectivity index (χ0n) is 7.76. The zero-order chi connectivity index (χ0) is 9.23. The van der Waals surface area contributed by atoms with Gasteiger partial charge in [-0.25, -0.2) is 0 Å². The lowest BCUT2D eigenvalue weighted by atomic mass is 10.1. The van der Waals surface area contributed by atoms with Crippen LogP contribution in [0.1, 0.15) is 25.7 Å². The van der Waals surface area contributed by atoms with Crippen molar-refractivity contribution < 1.29 is 0 Å². The van der Waals surface area contributed by atoms with Crippen molar-refractivity contribution in [3.05, 3.63) is 0 Å². The fourth-order valence-electron chi connectivity index (χ4n) is 1.06. The molecule has 0 aliphatic rings. The van der Waals surface area contributed by atoms with Gasteiger partial charge in [-0.15, -0.1) is 0 Å². The third-order valence-electron chi connectivity index (χ3n) is 1.77. The lowest BCUT2D eigenvalue weighted by Crippen LogP contribution is -2.39. The van der Waals surface area contributed by atoms with Crippen molar-refractivity contribution in [2.45, 2.75) is 31.8 Å². The Labute approximate surface area is 74.9 Å². The summed E-state index contributed by atoms with van der Waals surface area (Å²) in [6.07, 6.45) is 4.54. The summed E-state index contributed by atoms with van der Waals surface area (Å²) >= 11 is 0. The van der Waals surface area contributed by atoms with E-state index in [1.807, 2.05) is 0 Å². The molecule has 4 heteroatoms. The van der Waals surface area contributed by atoms with Crippen molar-refractivity contribution in [3.8, 4) is 0 Å². The SMILES string of the molecule is NCCCCCC(N)NCCN. The van der Waals surface area contributed by atoms with Crippen LogP contribution in [0.25, 0.3) is 0 Å². The van der Waals surface area contributed by atoms with Crippen LogP contribution in [-0.4, -0.2) is 25.8 Å². The Kier molecular flexibility index (Phi) is 8.81. The Morgan fingerprint density at radius 3 is 2.33 bits per heavy atom. The first-order valence-electron chi connectivity index (χ1n) is 4.70. The minimum Gasteiger partial charge on any atom is -0.330 e. The van der Waals surface area contributed by atoms with Gasteiger partial charge in [-0.2, -0.15) is 0 Å². The predicted molar refractivity (Wildman–Crippen MR) is 52.6 cm³/mol. The van der Waals surface area contributed by atoms with Crippen molar-refractivity contribution in [2.24, 2.45) is 17.2 Å². The van der Waals surface area contributed by atoms with Gasteiger partial charge in [0, 0.05) is 13.1 Å². The minimum absolute atomic E-state index is 0.103. The molecule has 0 spiro atoms. The molecule has 0 bridgehead atoms. The molecule has 0 aromatic carbocycles. The Hall–Kier alpha value is -0.160. The van der Waals surface area contributed by atoms with Crippen LogP contribution in [0.3, 0.4) is 0 Å². The lowest BCUT2D eigenvalue weighted by molar-refractivity contribution is 0.474. The van der Waals surface area contributed by atoms with E-state index in [-0.39, 0.29) is 6.17 Å². The van der Waals surface area contributed by atoms with Crippen molar-refractivity contribution >= 4 is 0 Å². The largest absolute Gasteiger partial charge is 0.330 e. The van der Waals surface area contributed by atoms with E-state index in [9.17, 15) is 0 Å². The third-order valence-corrected chi connectivity index (χ3v) is 1.77. The molecule has 0 saturated heterocycles. The van der Waals surface area contributed by atoms with E-state index in [1.54, 1.807) is 0 Å². The molecule has 74 valence electrons. The molecule has 0 amide bonds. The molecule has 0 aromatic rings. The first kappa shape index (κ1) is 11.8. The first-order chi connectivity index (χ1) is 5.81. The lowest BCUT2D eigenvalue weighted by Gasteiger charge is -2.12. The molecule has 1 atom stereocenters. The van der Waals surface area contributed by atoms with Crippen LogP contribution >= 0.6 is 0 Å². The van der Waals surface area contributed by atoms with E-state index in [0.717, 1.165) is 32.4 Å². The quantitative estimate of drug-likeness (QED) is 0.290. The van der Waals surface area contributed by atoms with Crippen LogP contribution in [0.5, 0.6) is 0 Å². The highest BCUT2D eigenvalue weighted by Gasteiger charge is 1.98. The molecule has 0 fully saturated rings. The summed E-state index contributed by atoms with van der Waals surface area (Å²) in [5.41, 5.74) is 16.4. The number of nitrogens with one attached hydrogen (secondary N) is 1. The molecule has 12 heavy (non-hydrogen) atoms. The Morgan fingerprint density at radius 1 is 1.00 bits per heavy atom. The second kappa shape index (κ2) is 8.93. The summed E-state index contributed by atoms with van der Waals surface area (Å²) in [7, 11) is 0. The van der Waals surface area contributed by atoms with Crippen molar-refractivity contribution in [1.29, 1.82) is 0 Å². The fraction of sp³-hybridized carbons (Fsp3) is 1.00. The van der Waals surface area contributed by atoms with E-state index in [1.165, 1.54) is 6.42 Å². The van der Waals surface area contributed by atoms with Crippen molar-refractivity contribution in [2.75, 3.05) is 19.6 Å². The zero-order valence-corrected chi connectivity index (χ0v) is 7.76. The molecule has 1 unspecified atom stereocenters. The van der Waals surface area contributed by atoms with E-state index in [2.05, 4.69) is 5.32 Å². The maximum Gasteiger partial charge on any atom is 0.0546 e. The number of hydrogen-bond acceptors (Lipinski definition) is 4. The molecule has 0 aliphatic carbocycles. The van der Waals surface area contributed by atoms with Crippen LogP contribution in [0.2, 0.25) is 0 Å². The Morgan fingerprint density at radius 2 is 1.75 bits per heavy atom. The van der Waals surface area contributed by atoms with Gasteiger partial charge in [-0.1, -0.05) is 12.8 Å². The summed E-state index contributed by atoms with van der Waals surface area (Å²) < 4.78 is 0. The molecule has 0 rings (SSSR count). The summed E-state index contributed by atoms with van der Waals surface area (Å²) in [5.74, 6) is 0. The van der Waals surface area contributed by atoms with E-state index >= 15 is 0 Å². The predicted octanol–water partition coefficient (Wildman–Crippen LogP) is -0.661. The Bertz CT molecular complexity index is 87.1. The van der Waals surface area contributed by atoms with Gasteiger partial charge < -0.3 is 22.5 Å². The molecule has 0 radical (unpaired) electrons. The minimum atomic E-state index is 0.103. The highest BCUT2D eigenvalue weighted by Crippen LogP contribution is 1.99. The molecular formula is C8H22N4. The smallest absolute Gasteiger partial charge is 0.0546 e. The van der Waals surface area contributed by atoms with Crippen LogP contribution in [-0.2, 0) is 0 Å². The van der Waals surface area contributed by atoms with Gasteiger partial charge in [0.1, 0.15) is 0 Å². The summed E-state index contributed by atoms with van der Waals surface area (Å²) in [6.45, 7) is 2.24. The van der Waals surface area contributed by atoms with Crippen molar-refractivity contribution in [3.63, 3.8) is 0 Å².